The first kappa shape index (κ1) is 19.4. The predicted octanol–water partition coefficient (Wildman–Crippen LogP) is 4.34. The summed E-state index contributed by atoms with van der Waals surface area (Å²) < 4.78 is 83.1. The first-order valence-corrected chi connectivity index (χ1v) is 7.55. The van der Waals surface area contributed by atoms with E-state index >= 15 is 0 Å². The number of halogens is 6. The van der Waals surface area contributed by atoms with Crippen LogP contribution in [-0.4, -0.2) is 16.6 Å². The number of hydrogen-bond donors (Lipinski definition) is 0. The molecule has 0 N–H and O–H groups in total. The van der Waals surface area contributed by atoms with Crippen LogP contribution in [0.2, 0.25) is 0 Å². The van der Waals surface area contributed by atoms with Gasteiger partial charge in [-0.2, -0.15) is 13.2 Å². The van der Waals surface area contributed by atoms with Crippen molar-refractivity contribution in [3.63, 3.8) is 0 Å². The second-order valence-electron chi connectivity index (χ2n) is 5.55. The van der Waals surface area contributed by atoms with Crippen molar-refractivity contribution in [3.05, 3.63) is 65.3 Å². The number of amides is 1. The number of hydrogen-bond acceptors (Lipinski definition) is 4. The minimum absolute atomic E-state index is 0.0739. The van der Waals surface area contributed by atoms with Crippen LogP contribution >= 0.6 is 0 Å². The smallest absolute Gasteiger partial charge is 0.413 e. The Morgan fingerprint density at radius 3 is 2.32 bits per heavy atom. The van der Waals surface area contributed by atoms with Crippen LogP contribution in [0.25, 0.3) is 11.5 Å². The molecular formula is C17H9F6N3O2. The molecule has 0 aliphatic heterocycles. The summed E-state index contributed by atoms with van der Waals surface area (Å²) in [6, 6.07) is 5.73. The van der Waals surface area contributed by atoms with E-state index in [1.807, 2.05) is 0 Å². The molecule has 0 aliphatic rings. The third-order valence-corrected chi connectivity index (χ3v) is 3.65. The fourth-order valence-electron chi connectivity index (χ4n) is 2.34. The lowest BCUT2D eigenvalue weighted by molar-refractivity contribution is -0.156. The van der Waals surface area contributed by atoms with Gasteiger partial charge in [0.15, 0.2) is 0 Å². The minimum Gasteiger partial charge on any atom is -0.413 e. The van der Waals surface area contributed by atoms with Gasteiger partial charge in [0, 0.05) is 17.2 Å². The molecular weight excluding hydrogens is 392 g/mol. The van der Waals surface area contributed by atoms with Crippen LogP contribution in [0.15, 0.2) is 40.8 Å². The van der Waals surface area contributed by atoms with Crippen LogP contribution in [-0.2, 0) is 17.5 Å². The molecule has 1 amide bonds. The number of aromatic nitrogens is 2. The molecule has 11 heteroatoms. The van der Waals surface area contributed by atoms with Gasteiger partial charge in [0.25, 0.3) is 0 Å². The molecule has 28 heavy (non-hydrogen) atoms. The summed E-state index contributed by atoms with van der Waals surface area (Å²) in [4.78, 5) is 12.1. The maximum absolute atomic E-state index is 14.3. The molecule has 0 spiro atoms. The van der Waals surface area contributed by atoms with E-state index < -0.39 is 42.0 Å². The topological polar surface area (TPSA) is 59.2 Å². The fourth-order valence-corrected chi connectivity index (χ4v) is 2.34. The van der Waals surface area contributed by atoms with Crippen LogP contribution in [0.4, 0.5) is 32.0 Å². The number of carbonyl (C=O) groups excluding carboxylic acids is 1. The average molecular weight is 401 g/mol. The monoisotopic (exact) mass is 401 g/mol. The Morgan fingerprint density at radius 1 is 1.00 bits per heavy atom. The zero-order valence-electron chi connectivity index (χ0n) is 13.7. The third kappa shape index (κ3) is 3.97. The van der Waals surface area contributed by atoms with Gasteiger partial charge >= 0.3 is 12.1 Å². The standard InChI is InChI=1S/C17H9F6N3O2/c18-11-3-4-14(13(20)6-11)26(8-27)7-10-2-1-9(5-12(10)19)15-24-25-16(28-15)17(21,22)23/h1-6,8H,7H2. The Hall–Kier alpha value is -3.37. The lowest BCUT2D eigenvalue weighted by Gasteiger charge is -2.18. The zero-order chi connectivity index (χ0) is 20.5. The zero-order valence-corrected chi connectivity index (χ0v) is 13.7. The molecule has 3 rings (SSSR count). The van der Waals surface area contributed by atoms with E-state index in [2.05, 4.69) is 14.6 Å². The van der Waals surface area contributed by atoms with Crippen molar-refractivity contribution in [2.75, 3.05) is 4.90 Å². The van der Waals surface area contributed by atoms with Crippen molar-refractivity contribution < 1.29 is 35.6 Å². The fraction of sp³-hybridized carbons (Fsp3) is 0.118. The van der Waals surface area contributed by atoms with Crippen molar-refractivity contribution >= 4 is 12.1 Å². The van der Waals surface area contributed by atoms with Crippen molar-refractivity contribution in [2.24, 2.45) is 0 Å². The summed E-state index contributed by atoms with van der Waals surface area (Å²) in [6.45, 7) is -0.407. The number of rotatable bonds is 5. The van der Waals surface area contributed by atoms with Crippen LogP contribution in [0, 0.1) is 17.5 Å². The summed E-state index contributed by atoms with van der Waals surface area (Å²) in [5.74, 6) is -4.89. The molecule has 0 unspecified atom stereocenters. The van der Waals surface area contributed by atoms with Crippen molar-refractivity contribution in [1.82, 2.24) is 10.2 Å². The summed E-state index contributed by atoms with van der Waals surface area (Å²) in [7, 11) is 0. The Balaban J connectivity index is 1.86. The maximum atomic E-state index is 14.3. The van der Waals surface area contributed by atoms with Crippen LogP contribution in [0.1, 0.15) is 11.5 Å². The summed E-state index contributed by atoms with van der Waals surface area (Å²) in [5, 5.41) is 6.06. The normalized spacial score (nSPS) is 11.5. The minimum atomic E-state index is -4.84. The van der Waals surface area contributed by atoms with Crippen molar-refractivity contribution in [1.29, 1.82) is 0 Å². The second kappa shape index (κ2) is 7.33. The predicted molar refractivity (Wildman–Crippen MR) is 83.3 cm³/mol. The molecule has 0 atom stereocenters. The second-order valence-corrected chi connectivity index (χ2v) is 5.55. The van der Waals surface area contributed by atoms with Gasteiger partial charge in [-0.3, -0.25) is 4.79 Å². The molecule has 0 saturated carbocycles. The van der Waals surface area contributed by atoms with Gasteiger partial charge in [-0.1, -0.05) is 6.07 Å². The molecule has 0 fully saturated rings. The van der Waals surface area contributed by atoms with E-state index in [4.69, 9.17) is 0 Å². The van der Waals surface area contributed by atoms with E-state index in [1.54, 1.807) is 0 Å². The average Bonchev–Trinajstić information content (AvgIpc) is 3.12. The molecule has 1 heterocycles. The highest BCUT2D eigenvalue weighted by atomic mass is 19.4. The first-order chi connectivity index (χ1) is 13.2. The number of anilines is 1. The molecule has 146 valence electrons. The molecule has 2 aromatic carbocycles. The molecule has 5 nitrogen and oxygen atoms in total. The van der Waals surface area contributed by atoms with E-state index in [1.165, 1.54) is 12.1 Å². The van der Waals surface area contributed by atoms with Crippen LogP contribution in [0.5, 0.6) is 0 Å². The molecule has 0 radical (unpaired) electrons. The van der Waals surface area contributed by atoms with Gasteiger partial charge in [0.05, 0.1) is 12.2 Å². The van der Waals surface area contributed by atoms with E-state index in [-0.39, 0.29) is 23.2 Å². The Labute approximate surface area is 153 Å². The molecule has 3 aromatic rings. The molecule has 0 bridgehead atoms. The highest BCUT2D eigenvalue weighted by Crippen LogP contribution is 2.31. The molecule has 0 saturated heterocycles. The maximum Gasteiger partial charge on any atom is 0.470 e. The number of benzene rings is 2. The Morgan fingerprint density at radius 2 is 1.75 bits per heavy atom. The molecule has 1 aromatic heterocycles. The lowest BCUT2D eigenvalue weighted by Crippen LogP contribution is -2.22. The largest absolute Gasteiger partial charge is 0.470 e. The summed E-state index contributed by atoms with van der Waals surface area (Å²) in [5.41, 5.74) is -0.461. The van der Waals surface area contributed by atoms with Gasteiger partial charge in [0.2, 0.25) is 12.3 Å². The lowest BCUT2D eigenvalue weighted by atomic mass is 10.1. The van der Waals surface area contributed by atoms with E-state index in [0.717, 1.165) is 23.1 Å². The Kier molecular flexibility index (Phi) is 5.08. The number of alkyl halides is 3. The highest BCUT2D eigenvalue weighted by Gasteiger charge is 2.38. The van der Waals surface area contributed by atoms with Crippen molar-refractivity contribution in [2.45, 2.75) is 12.7 Å². The quantitative estimate of drug-likeness (QED) is 0.472. The summed E-state index contributed by atoms with van der Waals surface area (Å²) in [6.07, 6.45) is -4.61. The summed E-state index contributed by atoms with van der Waals surface area (Å²) >= 11 is 0. The van der Waals surface area contributed by atoms with E-state index in [0.29, 0.717) is 6.07 Å². The van der Waals surface area contributed by atoms with Crippen molar-refractivity contribution in [3.8, 4) is 11.5 Å². The number of nitrogens with zero attached hydrogens (tertiary/aromatic N) is 3. The highest BCUT2D eigenvalue weighted by molar-refractivity contribution is 5.75. The third-order valence-electron chi connectivity index (χ3n) is 3.65. The van der Waals surface area contributed by atoms with Gasteiger partial charge in [0.1, 0.15) is 17.5 Å². The van der Waals surface area contributed by atoms with E-state index in [9.17, 15) is 31.1 Å². The van der Waals surface area contributed by atoms with Gasteiger partial charge in [-0.25, -0.2) is 13.2 Å². The first-order valence-electron chi connectivity index (χ1n) is 7.55. The van der Waals surface area contributed by atoms with Gasteiger partial charge < -0.3 is 9.32 Å². The number of carbonyl (C=O) groups is 1. The van der Waals surface area contributed by atoms with Gasteiger partial charge in [-0.05, 0) is 24.3 Å². The Bertz CT molecular complexity index is 1020. The van der Waals surface area contributed by atoms with Crippen LogP contribution < -0.4 is 4.90 Å². The van der Waals surface area contributed by atoms with Crippen LogP contribution in [0.3, 0.4) is 0 Å². The SMILES string of the molecule is O=CN(Cc1ccc(-c2nnc(C(F)(F)F)o2)cc1F)c1ccc(F)cc1F. The van der Waals surface area contributed by atoms with Gasteiger partial charge in [-0.15, -0.1) is 10.2 Å². The molecule has 0 aliphatic carbocycles.